The number of fused-ring (bicyclic) bond motifs is 1. The Balaban J connectivity index is 1.60. The molecule has 3 heterocycles. The van der Waals surface area contributed by atoms with Crippen LogP contribution >= 0.6 is 0 Å². The minimum absolute atomic E-state index is 0.0665. The van der Waals surface area contributed by atoms with Gasteiger partial charge in [-0.05, 0) is 30.2 Å². The van der Waals surface area contributed by atoms with Crippen LogP contribution in [0.4, 0.5) is 17.6 Å². The van der Waals surface area contributed by atoms with Gasteiger partial charge in [0.2, 0.25) is 5.91 Å². The molecule has 1 aliphatic rings. The number of benzene rings is 1. The number of pyridine rings is 1. The molecule has 1 amide bonds. The van der Waals surface area contributed by atoms with Crippen LogP contribution in [0.3, 0.4) is 0 Å². The van der Waals surface area contributed by atoms with E-state index in [2.05, 4.69) is 10.1 Å². The topological polar surface area (TPSA) is 51.0 Å². The monoisotopic (exact) mass is 406 g/mol. The van der Waals surface area contributed by atoms with E-state index in [1.165, 1.54) is 28.0 Å². The van der Waals surface area contributed by atoms with Crippen LogP contribution < -0.4 is 0 Å². The normalized spacial score (nSPS) is 15.7. The molecule has 0 aliphatic carbocycles. The van der Waals surface area contributed by atoms with Crippen LogP contribution in [0.1, 0.15) is 25.3 Å². The van der Waals surface area contributed by atoms with Crippen molar-refractivity contribution < 1.29 is 22.4 Å². The summed E-state index contributed by atoms with van der Waals surface area (Å²) in [6.07, 6.45) is 0.389. The van der Waals surface area contributed by atoms with E-state index in [1.54, 1.807) is 13.0 Å². The van der Waals surface area contributed by atoms with Crippen LogP contribution in [0.25, 0.3) is 22.2 Å². The van der Waals surface area contributed by atoms with Crippen molar-refractivity contribution in [3.63, 3.8) is 0 Å². The van der Waals surface area contributed by atoms with Gasteiger partial charge in [-0.25, -0.2) is 17.6 Å². The lowest BCUT2D eigenvalue weighted by molar-refractivity contribution is -0.146. The third-order valence-corrected chi connectivity index (χ3v) is 5.28. The summed E-state index contributed by atoms with van der Waals surface area (Å²) in [4.78, 5) is 18.1. The molecule has 0 N–H and O–H groups in total. The first-order valence-corrected chi connectivity index (χ1v) is 9.16. The van der Waals surface area contributed by atoms with Gasteiger partial charge in [-0.2, -0.15) is 5.10 Å². The van der Waals surface area contributed by atoms with E-state index in [4.69, 9.17) is 0 Å². The molecule has 0 bridgehead atoms. The zero-order valence-electron chi connectivity index (χ0n) is 15.6. The van der Waals surface area contributed by atoms with E-state index < -0.39 is 23.5 Å². The van der Waals surface area contributed by atoms with E-state index in [0.717, 1.165) is 12.1 Å². The largest absolute Gasteiger partial charge is 0.335 e. The predicted octanol–water partition coefficient (Wildman–Crippen LogP) is 4.14. The van der Waals surface area contributed by atoms with Crippen LogP contribution in [0.2, 0.25) is 0 Å². The minimum atomic E-state index is -2.93. The third kappa shape index (κ3) is 3.56. The van der Waals surface area contributed by atoms with E-state index in [-0.39, 0.29) is 25.5 Å². The molecule has 0 atom stereocenters. The Morgan fingerprint density at radius 2 is 1.97 bits per heavy atom. The summed E-state index contributed by atoms with van der Waals surface area (Å²) in [5.41, 5.74) is -0.0817. The summed E-state index contributed by atoms with van der Waals surface area (Å²) in [7, 11) is 0. The van der Waals surface area contributed by atoms with Crippen molar-refractivity contribution in [3.8, 4) is 11.1 Å². The standard InChI is InChI=1S/C20H18F4N4O/c1-2-20(24)10-27(11-20)18(29)9-28-17-6-13(7-25-16(17)8-26-28)12-3-4-15(21)14(5-12)19(22)23/h3-8,19H,2,9-11H2,1H3. The highest BCUT2D eigenvalue weighted by molar-refractivity contribution is 5.83. The van der Waals surface area contributed by atoms with Crippen LogP contribution in [-0.2, 0) is 11.3 Å². The number of hydrogen-bond acceptors (Lipinski definition) is 3. The Morgan fingerprint density at radius 3 is 2.66 bits per heavy atom. The van der Waals surface area contributed by atoms with Crippen molar-refractivity contribution in [2.75, 3.05) is 13.1 Å². The molecule has 5 nitrogen and oxygen atoms in total. The van der Waals surface area contributed by atoms with Gasteiger partial charge in [-0.1, -0.05) is 13.0 Å². The van der Waals surface area contributed by atoms with Gasteiger partial charge in [0.15, 0.2) is 0 Å². The molecule has 0 saturated carbocycles. The average molecular weight is 406 g/mol. The number of carbonyl (C=O) groups excluding carboxylic acids is 1. The highest BCUT2D eigenvalue weighted by Crippen LogP contribution is 2.30. The van der Waals surface area contributed by atoms with E-state index in [0.29, 0.717) is 28.6 Å². The molecule has 152 valence electrons. The van der Waals surface area contributed by atoms with Crippen LogP contribution in [0, 0.1) is 5.82 Å². The summed E-state index contributed by atoms with van der Waals surface area (Å²) in [6, 6.07) is 5.12. The lowest BCUT2D eigenvalue weighted by Gasteiger charge is -2.44. The highest BCUT2D eigenvalue weighted by Gasteiger charge is 2.44. The molecule has 0 unspecified atom stereocenters. The fraction of sp³-hybridized carbons (Fsp3) is 0.350. The van der Waals surface area contributed by atoms with Crippen molar-refractivity contribution in [1.29, 1.82) is 0 Å². The number of halogens is 4. The molecule has 29 heavy (non-hydrogen) atoms. The molecule has 4 rings (SSSR count). The number of carbonyl (C=O) groups is 1. The Morgan fingerprint density at radius 1 is 1.21 bits per heavy atom. The first-order valence-electron chi connectivity index (χ1n) is 9.16. The lowest BCUT2D eigenvalue weighted by atomic mass is 9.93. The van der Waals surface area contributed by atoms with Gasteiger partial charge in [-0.3, -0.25) is 14.5 Å². The summed E-state index contributed by atoms with van der Waals surface area (Å²) in [5.74, 6) is -1.23. The fourth-order valence-electron chi connectivity index (χ4n) is 3.40. The summed E-state index contributed by atoms with van der Waals surface area (Å²) in [6.45, 7) is 1.79. The number of rotatable bonds is 5. The maximum absolute atomic E-state index is 14.0. The maximum atomic E-state index is 14.0. The second-order valence-electron chi connectivity index (χ2n) is 7.22. The Hall–Kier alpha value is -2.97. The second kappa shape index (κ2) is 7.13. The molecule has 1 fully saturated rings. The number of amides is 1. The molecular weight excluding hydrogens is 388 g/mol. The molecule has 3 aromatic rings. The molecule has 1 aromatic carbocycles. The Labute approximate surface area is 163 Å². The number of nitrogens with zero attached hydrogens (tertiary/aromatic N) is 4. The van der Waals surface area contributed by atoms with Crippen LogP contribution in [0.15, 0.2) is 36.7 Å². The highest BCUT2D eigenvalue weighted by atomic mass is 19.3. The molecule has 9 heteroatoms. The predicted molar refractivity (Wildman–Crippen MR) is 98.6 cm³/mol. The Kier molecular flexibility index (Phi) is 4.76. The minimum Gasteiger partial charge on any atom is -0.335 e. The molecule has 1 aliphatic heterocycles. The Bertz CT molecular complexity index is 1080. The van der Waals surface area contributed by atoms with E-state index in [9.17, 15) is 22.4 Å². The third-order valence-electron chi connectivity index (χ3n) is 5.28. The van der Waals surface area contributed by atoms with Crippen molar-refractivity contribution in [2.45, 2.75) is 32.0 Å². The molecular formula is C20H18F4N4O. The van der Waals surface area contributed by atoms with Gasteiger partial charge in [-0.15, -0.1) is 0 Å². The summed E-state index contributed by atoms with van der Waals surface area (Å²) >= 11 is 0. The quantitative estimate of drug-likeness (QED) is 0.599. The van der Waals surface area contributed by atoms with Crippen molar-refractivity contribution in [3.05, 3.63) is 48.0 Å². The van der Waals surface area contributed by atoms with Crippen molar-refractivity contribution in [1.82, 2.24) is 19.7 Å². The number of aromatic nitrogens is 3. The number of likely N-dealkylation sites (tertiary alicyclic amines) is 1. The van der Waals surface area contributed by atoms with Crippen molar-refractivity contribution >= 4 is 16.9 Å². The summed E-state index contributed by atoms with van der Waals surface area (Å²) in [5, 5.41) is 4.16. The van der Waals surface area contributed by atoms with Gasteiger partial charge >= 0.3 is 0 Å². The fourth-order valence-corrected chi connectivity index (χ4v) is 3.40. The molecule has 1 saturated heterocycles. The first-order chi connectivity index (χ1) is 13.8. The van der Waals surface area contributed by atoms with Crippen LogP contribution in [0.5, 0.6) is 0 Å². The number of hydrogen-bond donors (Lipinski definition) is 0. The zero-order valence-corrected chi connectivity index (χ0v) is 15.6. The van der Waals surface area contributed by atoms with Gasteiger partial charge in [0.25, 0.3) is 6.43 Å². The van der Waals surface area contributed by atoms with Gasteiger partial charge in [0.1, 0.15) is 23.5 Å². The van der Waals surface area contributed by atoms with Crippen molar-refractivity contribution in [2.24, 2.45) is 0 Å². The van der Waals surface area contributed by atoms with E-state index in [1.807, 2.05) is 0 Å². The second-order valence-corrected chi connectivity index (χ2v) is 7.22. The molecule has 0 radical (unpaired) electrons. The van der Waals surface area contributed by atoms with Gasteiger partial charge in [0.05, 0.1) is 30.4 Å². The van der Waals surface area contributed by atoms with Gasteiger partial charge < -0.3 is 4.90 Å². The maximum Gasteiger partial charge on any atom is 0.266 e. The summed E-state index contributed by atoms with van der Waals surface area (Å²) < 4.78 is 55.0. The first kappa shape index (κ1) is 19.4. The van der Waals surface area contributed by atoms with E-state index >= 15 is 0 Å². The average Bonchev–Trinajstić information content (AvgIpc) is 3.07. The van der Waals surface area contributed by atoms with Gasteiger partial charge in [0, 0.05) is 11.8 Å². The van der Waals surface area contributed by atoms with Crippen LogP contribution in [-0.4, -0.2) is 44.3 Å². The zero-order chi connectivity index (χ0) is 20.8. The SMILES string of the molecule is CCC1(F)CN(C(=O)Cn2ncc3ncc(-c4ccc(F)c(C(F)F)c4)cc32)C1. The number of alkyl halides is 3. The smallest absolute Gasteiger partial charge is 0.266 e. The molecule has 2 aromatic heterocycles. The molecule has 0 spiro atoms. The lowest BCUT2D eigenvalue weighted by Crippen LogP contribution is -2.61.